The number of nitrogens with one attached hydrogen (secondary N) is 1. The molecule has 0 aromatic carbocycles. The number of esters is 1. The van der Waals surface area contributed by atoms with E-state index in [2.05, 4.69) is 55.6 Å². The Balaban J connectivity index is 3.37. The quantitative estimate of drug-likeness (QED) is 0.0320. The van der Waals surface area contributed by atoms with Crippen LogP contribution in [0.5, 0.6) is 0 Å². The van der Waals surface area contributed by atoms with E-state index < -0.39 is 12.1 Å². The molecule has 0 spiro atoms. The Morgan fingerprint density at radius 3 is 0.928 bits per heavy atom. The summed E-state index contributed by atoms with van der Waals surface area (Å²) in [6, 6.07) is -0.540. The number of hydrogen-bond donors (Lipinski definition) is 3. The van der Waals surface area contributed by atoms with Gasteiger partial charge in [0.25, 0.3) is 0 Å². The molecule has 0 aromatic heterocycles. The first-order chi connectivity index (χ1) is 41.0. The fourth-order valence-corrected chi connectivity index (χ4v) is 11.9. The molecule has 0 radical (unpaired) electrons. The lowest BCUT2D eigenvalue weighted by atomic mass is 10.0. The van der Waals surface area contributed by atoms with Crippen molar-refractivity contribution in [2.75, 3.05) is 13.2 Å². The van der Waals surface area contributed by atoms with Crippen molar-refractivity contribution < 1.29 is 24.5 Å². The first kappa shape index (κ1) is 81.1. The largest absolute Gasteiger partial charge is 0.466 e. The number of rotatable bonds is 71. The van der Waals surface area contributed by atoms with Gasteiger partial charge in [-0.15, -0.1) is 0 Å². The maximum absolute atomic E-state index is 12.5. The molecule has 0 saturated carbocycles. The van der Waals surface area contributed by atoms with Gasteiger partial charge in [0.1, 0.15) is 0 Å². The first-order valence-electron chi connectivity index (χ1n) is 37.7. The van der Waals surface area contributed by atoms with Crippen molar-refractivity contribution in [1.29, 1.82) is 0 Å². The van der Waals surface area contributed by atoms with Gasteiger partial charge in [-0.25, -0.2) is 0 Å². The van der Waals surface area contributed by atoms with Crippen LogP contribution in [-0.2, 0) is 14.3 Å². The van der Waals surface area contributed by atoms with E-state index in [0.717, 1.165) is 51.4 Å². The molecule has 6 nitrogen and oxygen atoms in total. The van der Waals surface area contributed by atoms with E-state index in [0.29, 0.717) is 25.9 Å². The Labute approximate surface area is 519 Å². The van der Waals surface area contributed by atoms with E-state index in [-0.39, 0.29) is 18.5 Å². The Hall–Kier alpha value is -1.92. The van der Waals surface area contributed by atoms with E-state index in [9.17, 15) is 19.8 Å². The lowest BCUT2D eigenvalue weighted by Crippen LogP contribution is -2.45. The second-order valence-electron chi connectivity index (χ2n) is 26.0. The Morgan fingerprint density at radius 1 is 0.337 bits per heavy atom. The van der Waals surface area contributed by atoms with Crippen molar-refractivity contribution in [2.45, 2.75) is 431 Å². The topological polar surface area (TPSA) is 95.9 Å². The molecule has 2 atom stereocenters. The lowest BCUT2D eigenvalue weighted by Gasteiger charge is -2.22. The van der Waals surface area contributed by atoms with Gasteiger partial charge in [-0.05, 0) is 83.5 Å². The van der Waals surface area contributed by atoms with Crippen LogP contribution in [0.15, 0.2) is 36.5 Å². The molecule has 0 rings (SSSR count). The number of ether oxygens (including phenoxy) is 1. The summed E-state index contributed by atoms with van der Waals surface area (Å²) in [5.41, 5.74) is 0. The number of aliphatic hydroxyl groups excluding tert-OH is 2. The molecule has 6 heteroatoms. The zero-order valence-corrected chi connectivity index (χ0v) is 56.2. The second kappa shape index (κ2) is 72.6. The molecule has 0 aliphatic heterocycles. The van der Waals surface area contributed by atoms with Crippen molar-refractivity contribution in [2.24, 2.45) is 0 Å². The van der Waals surface area contributed by atoms with Crippen LogP contribution < -0.4 is 5.32 Å². The normalized spacial score (nSPS) is 12.7. The highest BCUT2D eigenvalue weighted by Gasteiger charge is 2.20. The standard InChI is InChI=1S/C77H147NO5/c1-3-5-7-9-11-13-15-17-19-38-43-47-51-55-59-63-67-71-77(82)83-72-68-64-60-56-52-48-44-40-37-35-33-31-29-27-25-23-21-22-24-26-28-30-32-34-36-39-42-46-50-54-58-62-66-70-76(81)78-74(73-79)75(80)69-65-61-57-53-49-45-41-20-18-16-14-12-10-8-6-4-2/h17,19,25,27,31,33,74-75,79-80H,3-16,18,20-24,26,28-30,32,34-73H2,1-2H3,(H,78,81)/b19-17-,27-25-,33-31-. The molecule has 0 bridgehead atoms. The average molecular weight is 1170 g/mol. The van der Waals surface area contributed by atoms with Gasteiger partial charge in [0, 0.05) is 12.8 Å². The average Bonchev–Trinajstić information content (AvgIpc) is 3.49. The van der Waals surface area contributed by atoms with Crippen molar-refractivity contribution in [3.05, 3.63) is 36.5 Å². The van der Waals surface area contributed by atoms with Gasteiger partial charge in [-0.1, -0.05) is 359 Å². The third-order valence-electron chi connectivity index (χ3n) is 17.7. The molecular weight excluding hydrogens is 1020 g/mol. The third kappa shape index (κ3) is 69.1. The Bertz CT molecular complexity index is 1340. The second-order valence-corrected chi connectivity index (χ2v) is 26.0. The van der Waals surface area contributed by atoms with Gasteiger partial charge < -0.3 is 20.3 Å². The van der Waals surface area contributed by atoms with Gasteiger partial charge in [-0.2, -0.15) is 0 Å². The van der Waals surface area contributed by atoms with Crippen LogP contribution in [0.1, 0.15) is 418 Å². The molecule has 0 aliphatic carbocycles. The summed E-state index contributed by atoms with van der Waals surface area (Å²) in [7, 11) is 0. The van der Waals surface area contributed by atoms with Crippen LogP contribution >= 0.6 is 0 Å². The van der Waals surface area contributed by atoms with E-state index in [4.69, 9.17) is 4.74 Å². The number of carbonyl (C=O) groups is 2. The highest BCUT2D eigenvalue weighted by atomic mass is 16.5. The minimum atomic E-state index is -0.663. The number of allylic oxidation sites excluding steroid dienone is 6. The maximum Gasteiger partial charge on any atom is 0.305 e. The molecule has 490 valence electrons. The zero-order chi connectivity index (χ0) is 59.9. The lowest BCUT2D eigenvalue weighted by molar-refractivity contribution is -0.143. The van der Waals surface area contributed by atoms with Gasteiger partial charge in [0.2, 0.25) is 5.91 Å². The van der Waals surface area contributed by atoms with E-state index in [1.165, 1.54) is 334 Å². The van der Waals surface area contributed by atoms with E-state index >= 15 is 0 Å². The van der Waals surface area contributed by atoms with Crippen LogP contribution in [0, 0.1) is 0 Å². The van der Waals surface area contributed by atoms with Gasteiger partial charge in [0.15, 0.2) is 0 Å². The van der Waals surface area contributed by atoms with Crippen LogP contribution in [0.2, 0.25) is 0 Å². The summed E-state index contributed by atoms with van der Waals surface area (Å²) >= 11 is 0. The highest BCUT2D eigenvalue weighted by molar-refractivity contribution is 5.76. The van der Waals surface area contributed by atoms with Crippen LogP contribution in [0.25, 0.3) is 0 Å². The first-order valence-corrected chi connectivity index (χ1v) is 37.7. The summed E-state index contributed by atoms with van der Waals surface area (Å²) in [4.78, 5) is 24.6. The number of unbranched alkanes of at least 4 members (excludes halogenated alkanes) is 54. The smallest absolute Gasteiger partial charge is 0.305 e. The molecule has 1 amide bonds. The monoisotopic (exact) mass is 1170 g/mol. The van der Waals surface area contributed by atoms with Gasteiger partial charge in [0.05, 0.1) is 25.4 Å². The molecule has 0 saturated heterocycles. The van der Waals surface area contributed by atoms with Crippen molar-refractivity contribution >= 4 is 11.9 Å². The molecular formula is C77H147NO5. The summed E-state index contributed by atoms with van der Waals surface area (Å²) in [5.74, 6) is -0.0184. The predicted octanol–water partition coefficient (Wildman–Crippen LogP) is 24.7. The van der Waals surface area contributed by atoms with Crippen LogP contribution in [0.4, 0.5) is 0 Å². The molecule has 83 heavy (non-hydrogen) atoms. The number of hydrogen-bond acceptors (Lipinski definition) is 5. The fourth-order valence-electron chi connectivity index (χ4n) is 11.9. The van der Waals surface area contributed by atoms with Crippen molar-refractivity contribution in [3.8, 4) is 0 Å². The van der Waals surface area contributed by atoms with Gasteiger partial charge in [-0.3, -0.25) is 9.59 Å². The maximum atomic E-state index is 12.5. The molecule has 0 aromatic rings. The Kier molecular flexibility index (Phi) is 70.9. The molecule has 0 aliphatic rings. The molecule has 0 heterocycles. The minimum Gasteiger partial charge on any atom is -0.466 e. The van der Waals surface area contributed by atoms with Crippen LogP contribution in [0.3, 0.4) is 0 Å². The highest BCUT2D eigenvalue weighted by Crippen LogP contribution is 2.19. The van der Waals surface area contributed by atoms with E-state index in [1.807, 2.05) is 0 Å². The SMILES string of the molecule is CCCCCCCC/C=C\CCCCCCCCCC(=O)OCCCCCCCCCCC/C=C\C/C=C\CCCCCCCCCCCCCCCCCCCC(=O)NC(CO)C(O)CCCCCCCCCCCCCCCCCC. The Morgan fingerprint density at radius 2 is 0.602 bits per heavy atom. The van der Waals surface area contributed by atoms with Crippen LogP contribution in [-0.4, -0.2) is 47.4 Å². The minimum absolute atomic E-state index is 0.0114. The number of carbonyl (C=O) groups excluding carboxylic acids is 2. The van der Waals surface area contributed by atoms with Crippen molar-refractivity contribution in [1.82, 2.24) is 5.32 Å². The van der Waals surface area contributed by atoms with Gasteiger partial charge >= 0.3 is 5.97 Å². The molecule has 0 fully saturated rings. The molecule has 2 unspecified atom stereocenters. The molecule has 3 N–H and O–H groups in total. The summed E-state index contributed by atoms with van der Waals surface area (Å²) < 4.78 is 5.50. The fraction of sp³-hybridized carbons (Fsp3) is 0.896. The summed E-state index contributed by atoms with van der Waals surface area (Å²) in [5, 5.41) is 23.4. The van der Waals surface area contributed by atoms with Crippen molar-refractivity contribution in [3.63, 3.8) is 0 Å². The number of amides is 1. The number of aliphatic hydroxyl groups is 2. The third-order valence-corrected chi connectivity index (χ3v) is 17.7. The summed E-state index contributed by atoms with van der Waals surface area (Å²) in [6.45, 7) is 4.98. The zero-order valence-electron chi connectivity index (χ0n) is 56.2. The summed E-state index contributed by atoms with van der Waals surface area (Å²) in [6.07, 6.45) is 93.6. The van der Waals surface area contributed by atoms with E-state index in [1.54, 1.807) is 0 Å². The predicted molar refractivity (Wildman–Crippen MR) is 366 cm³/mol.